The van der Waals surface area contributed by atoms with Crippen LogP contribution in [0.1, 0.15) is 25.0 Å². The van der Waals surface area contributed by atoms with Crippen LogP contribution in [0.5, 0.6) is 0 Å². The number of halogens is 1. The Hall–Kier alpha value is -2.41. The number of benzene rings is 1. The SMILES string of the molecule is O=C(NCc1ccn(-c2ccc(F)cc2)n1)NCC1(O)CCC1. The highest BCUT2D eigenvalue weighted by Gasteiger charge is 2.34. The van der Waals surface area contributed by atoms with E-state index in [9.17, 15) is 14.3 Å². The fraction of sp³-hybridized carbons (Fsp3) is 0.375. The van der Waals surface area contributed by atoms with Crippen molar-refractivity contribution >= 4 is 6.03 Å². The van der Waals surface area contributed by atoms with Gasteiger partial charge >= 0.3 is 6.03 Å². The highest BCUT2D eigenvalue weighted by Crippen LogP contribution is 2.30. The molecular formula is C16H19FN4O2. The Morgan fingerprint density at radius 2 is 2.00 bits per heavy atom. The first-order chi connectivity index (χ1) is 11.0. The fourth-order valence-corrected chi connectivity index (χ4v) is 2.43. The summed E-state index contributed by atoms with van der Waals surface area (Å²) in [6.45, 7) is 0.543. The summed E-state index contributed by atoms with van der Waals surface area (Å²) < 4.78 is 14.5. The molecule has 1 aliphatic rings. The molecule has 2 amide bonds. The van der Waals surface area contributed by atoms with Crippen molar-refractivity contribution in [2.75, 3.05) is 6.54 Å². The minimum Gasteiger partial charge on any atom is -0.388 e. The molecular weight excluding hydrogens is 299 g/mol. The van der Waals surface area contributed by atoms with Gasteiger partial charge in [-0.2, -0.15) is 5.10 Å². The van der Waals surface area contributed by atoms with Gasteiger partial charge in [-0.3, -0.25) is 0 Å². The van der Waals surface area contributed by atoms with Crippen LogP contribution in [0.15, 0.2) is 36.5 Å². The Morgan fingerprint density at radius 3 is 2.65 bits per heavy atom. The standard InChI is InChI=1S/C16H19FN4O2/c17-12-2-4-14(5-3-12)21-9-6-13(20-21)10-18-15(22)19-11-16(23)7-1-8-16/h2-6,9,23H,1,7-8,10-11H2,(H2,18,19,22). The van der Waals surface area contributed by atoms with Crippen molar-refractivity contribution in [3.8, 4) is 5.69 Å². The maximum atomic E-state index is 12.9. The van der Waals surface area contributed by atoms with Crippen LogP contribution in [0.25, 0.3) is 5.69 Å². The van der Waals surface area contributed by atoms with E-state index in [2.05, 4.69) is 15.7 Å². The summed E-state index contributed by atoms with van der Waals surface area (Å²) >= 11 is 0. The van der Waals surface area contributed by atoms with E-state index in [1.54, 1.807) is 29.1 Å². The molecule has 1 saturated carbocycles. The molecule has 0 spiro atoms. The number of urea groups is 1. The molecule has 1 aliphatic carbocycles. The van der Waals surface area contributed by atoms with Crippen molar-refractivity contribution in [1.29, 1.82) is 0 Å². The third-order valence-corrected chi connectivity index (χ3v) is 4.03. The molecule has 122 valence electrons. The zero-order valence-electron chi connectivity index (χ0n) is 12.6. The van der Waals surface area contributed by atoms with Gasteiger partial charge in [0.25, 0.3) is 0 Å². The molecule has 0 bridgehead atoms. The predicted molar refractivity (Wildman–Crippen MR) is 82.6 cm³/mol. The van der Waals surface area contributed by atoms with Crippen molar-refractivity contribution in [2.45, 2.75) is 31.4 Å². The highest BCUT2D eigenvalue weighted by atomic mass is 19.1. The Kier molecular flexibility index (Phi) is 4.29. The van der Waals surface area contributed by atoms with Crippen LogP contribution in [-0.2, 0) is 6.54 Å². The topological polar surface area (TPSA) is 79.2 Å². The number of carbonyl (C=O) groups is 1. The second-order valence-corrected chi connectivity index (χ2v) is 5.84. The lowest BCUT2D eigenvalue weighted by Gasteiger charge is -2.36. The summed E-state index contributed by atoms with van der Waals surface area (Å²) in [6.07, 6.45) is 4.21. The number of hydrogen-bond donors (Lipinski definition) is 3. The smallest absolute Gasteiger partial charge is 0.315 e. The van der Waals surface area contributed by atoms with E-state index in [0.717, 1.165) is 24.9 Å². The lowest BCUT2D eigenvalue weighted by atomic mass is 9.80. The summed E-state index contributed by atoms with van der Waals surface area (Å²) in [5.41, 5.74) is 0.697. The number of nitrogens with zero attached hydrogens (tertiary/aromatic N) is 2. The third-order valence-electron chi connectivity index (χ3n) is 4.03. The van der Waals surface area contributed by atoms with Gasteiger partial charge < -0.3 is 15.7 Å². The molecule has 6 nitrogen and oxygen atoms in total. The Labute approximate surface area is 133 Å². The number of rotatable bonds is 5. The van der Waals surface area contributed by atoms with Gasteiger partial charge in [0.2, 0.25) is 0 Å². The van der Waals surface area contributed by atoms with Crippen molar-refractivity contribution < 1.29 is 14.3 Å². The number of amides is 2. The molecule has 1 heterocycles. The monoisotopic (exact) mass is 318 g/mol. The summed E-state index contributed by atoms with van der Waals surface area (Å²) in [5, 5.41) is 19.6. The Bertz CT molecular complexity index is 680. The summed E-state index contributed by atoms with van der Waals surface area (Å²) in [7, 11) is 0. The van der Waals surface area contributed by atoms with Crippen molar-refractivity contribution in [3.05, 3.63) is 48.0 Å². The maximum absolute atomic E-state index is 12.9. The molecule has 2 aromatic rings. The van der Waals surface area contributed by atoms with E-state index in [-0.39, 0.29) is 24.9 Å². The van der Waals surface area contributed by atoms with Crippen molar-refractivity contribution in [1.82, 2.24) is 20.4 Å². The molecule has 1 fully saturated rings. The van der Waals surface area contributed by atoms with Crippen molar-refractivity contribution in [2.24, 2.45) is 0 Å². The van der Waals surface area contributed by atoms with E-state index in [1.165, 1.54) is 12.1 Å². The maximum Gasteiger partial charge on any atom is 0.315 e. The average Bonchev–Trinajstić information content (AvgIpc) is 2.98. The van der Waals surface area contributed by atoms with Crippen LogP contribution < -0.4 is 10.6 Å². The molecule has 7 heteroatoms. The average molecular weight is 318 g/mol. The fourth-order valence-electron chi connectivity index (χ4n) is 2.43. The zero-order chi connectivity index (χ0) is 16.3. The van der Waals surface area contributed by atoms with E-state index in [4.69, 9.17) is 0 Å². The van der Waals surface area contributed by atoms with Gasteiger partial charge in [0, 0.05) is 12.7 Å². The van der Waals surface area contributed by atoms with Crippen LogP contribution in [0.2, 0.25) is 0 Å². The van der Waals surface area contributed by atoms with E-state index < -0.39 is 5.60 Å². The molecule has 0 atom stereocenters. The second kappa shape index (κ2) is 6.37. The lowest BCUT2D eigenvalue weighted by Crippen LogP contribution is -2.50. The van der Waals surface area contributed by atoms with Crippen LogP contribution in [0.3, 0.4) is 0 Å². The predicted octanol–water partition coefficient (Wildman–Crippen LogP) is 1.73. The first-order valence-corrected chi connectivity index (χ1v) is 7.59. The van der Waals surface area contributed by atoms with Gasteiger partial charge in [0.05, 0.1) is 23.5 Å². The molecule has 0 unspecified atom stereocenters. The van der Waals surface area contributed by atoms with Crippen LogP contribution >= 0.6 is 0 Å². The summed E-state index contributed by atoms with van der Waals surface area (Å²) in [6, 6.07) is 7.45. The first-order valence-electron chi connectivity index (χ1n) is 7.59. The quantitative estimate of drug-likeness (QED) is 0.785. The number of nitrogens with one attached hydrogen (secondary N) is 2. The molecule has 1 aromatic heterocycles. The van der Waals surface area contributed by atoms with Crippen LogP contribution in [0.4, 0.5) is 9.18 Å². The number of aliphatic hydroxyl groups is 1. The van der Waals surface area contributed by atoms with E-state index >= 15 is 0 Å². The van der Waals surface area contributed by atoms with Crippen LogP contribution in [-0.4, -0.2) is 33.1 Å². The largest absolute Gasteiger partial charge is 0.388 e. The van der Waals surface area contributed by atoms with Gasteiger partial charge in [0.15, 0.2) is 0 Å². The van der Waals surface area contributed by atoms with Gasteiger partial charge in [-0.05, 0) is 49.6 Å². The minimum atomic E-state index is -0.735. The van der Waals surface area contributed by atoms with Gasteiger partial charge in [-0.1, -0.05) is 0 Å². The summed E-state index contributed by atoms with van der Waals surface area (Å²) in [4.78, 5) is 11.7. The number of aromatic nitrogens is 2. The second-order valence-electron chi connectivity index (χ2n) is 5.84. The summed E-state index contributed by atoms with van der Waals surface area (Å²) in [5.74, 6) is -0.299. The number of hydrogen-bond acceptors (Lipinski definition) is 3. The normalized spacial score (nSPS) is 15.7. The van der Waals surface area contributed by atoms with E-state index in [1.807, 2.05) is 0 Å². The third kappa shape index (κ3) is 3.87. The molecule has 3 N–H and O–H groups in total. The Balaban J connectivity index is 1.49. The van der Waals surface area contributed by atoms with Crippen LogP contribution in [0, 0.1) is 5.82 Å². The minimum absolute atomic E-state index is 0.267. The zero-order valence-corrected chi connectivity index (χ0v) is 12.6. The first kappa shape index (κ1) is 15.5. The van der Waals surface area contributed by atoms with E-state index in [0.29, 0.717) is 5.69 Å². The van der Waals surface area contributed by atoms with Gasteiger partial charge in [-0.25, -0.2) is 13.9 Å². The van der Waals surface area contributed by atoms with Gasteiger partial charge in [-0.15, -0.1) is 0 Å². The molecule has 23 heavy (non-hydrogen) atoms. The van der Waals surface area contributed by atoms with Crippen molar-refractivity contribution in [3.63, 3.8) is 0 Å². The molecule has 1 aromatic carbocycles. The molecule has 0 radical (unpaired) electrons. The molecule has 3 rings (SSSR count). The molecule has 0 saturated heterocycles. The number of carbonyl (C=O) groups excluding carboxylic acids is 1. The molecule has 0 aliphatic heterocycles. The Morgan fingerprint density at radius 1 is 1.26 bits per heavy atom. The highest BCUT2D eigenvalue weighted by molar-refractivity contribution is 5.73. The van der Waals surface area contributed by atoms with Gasteiger partial charge in [0.1, 0.15) is 5.82 Å². The lowest BCUT2D eigenvalue weighted by molar-refractivity contribution is -0.0290.